The van der Waals surface area contributed by atoms with Crippen LogP contribution in [0, 0.1) is 12.3 Å². The maximum absolute atomic E-state index is 5.74. The van der Waals surface area contributed by atoms with Crippen molar-refractivity contribution in [1.82, 2.24) is 4.98 Å². The molecule has 1 aromatic heterocycles. The van der Waals surface area contributed by atoms with Crippen LogP contribution in [0.25, 0.3) is 11.1 Å². The van der Waals surface area contributed by atoms with E-state index >= 15 is 0 Å². The van der Waals surface area contributed by atoms with Crippen molar-refractivity contribution in [2.75, 3.05) is 0 Å². The minimum atomic E-state index is 0.0793. The van der Waals surface area contributed by atoms with Crippen molar-refractivity contribution in [3.8, 4) is 35.1 Å². The van der Waals surface area contributed by atoms with Gasteiger partial charge in [0.05, 0.1) is 11.7 Å². The van der Waals surface area contributed by atoms with Crippen molar-refractivity contribution in [1.29, 1.82) is 0 Å². The van der Waals surface area contributed by atoms with E-state index in [2.05, 4.69) is 10.9 Å². The summed E-state index contributed by atoms with van der Waals surface area (Å²) in [5, 5.41) is 0. The van der Waals surface area contributed by atoms with Crippen LogP contribution < -0.4 is 9.47 Å². The van der Waals surface area contributed by atoms with Crippen LogP contribution in [0.15, 0.2) is 66.9 Å². The number of ether oxygens (including phenoxy) is 2. The maximum Gasteiger partial charge on any atom is 0.213 e. The molecule has 3 heteroatoms. The molecule has 0 saturated heterocycles. The Hall–Kier alpha value is -3.25. The lowest BCUT2D eigenvalue weighted by Gasteiger charge is -2.13. The number of terminal acetylenes is 1. The van der Waals surface area contributed by atoms with Crippen LogP contribution in [0.5, 0.6) is 11.6 Å². The largest absolute Gasteiger partial charge is 0.490 e. The summed E-state index contributed by atoms with van der Waals surface area (Å²) in [5.41, 5.74) is 3.82. The topological polar surface area (TPSA) is 31.4 Å². The van der Waals surface area contributed by atoms with E-state index in [1.54, 1.807) is 6.20 Å². The molecule has 3 nitrogen and oxygen atoms in total. The van der Waals surface area contributed by atoms with Crippen LogP contribution in [0.2, 0.25) is 0 Å². The zero-order chi connectivity index (χ0) is 18.4. The molecule has 0 saturated carbocycles. The molecule has 0 spiro atoms. The number of aromatic nitrogens is 1. The third-order valence-corrected chi connectivity index (χ3v) is 3.80. The molecule has 0 unspecified atom stereocenters. The fourth-order valence-corrected chi connectivity index (χ4v) is 2.55. The molecule has 0 N–H and O–H groups in total. The third kappa shape index (κ3) is 4.43. The highest BCUT2D eigenvalue weighted by atomic mass is 16.5. The minimum absolute atomic E-state index is 0.0793. The van der Waals surface area contributed by atoms with Crippen molar-refractivity contribution in [2.24, 2.45) is 0 Å². The number of hydrogen-bond acceptors (Lipinski definition) is 3. The van der Waals surface area contributed by atoms with Gasteiger partial charge in [0.25, 0.3) is 0 Å². The molecule has 0 atom stereocenters. The Kier molecular flexibility index (Phi) is 5.56. The van der Waals surface area contributed by atoms with E-state index in [9.17, 15) is 0 Å². The molecule has 2 aromatic carbocycles. The zero-order valence-electron chi connectivity index (χ0n) is 15.0. The van der Waals surface area contributed by atoms with Gasteiger partial charge in [-0.05, 0) is 43.2 Å². The maximum atomic E-state index is 5.74. The van der Waals surface area contributed by atoms with Crippen molar-refractivity contribution in [3.05, 3.63) is 78.0 Å². The molecule has 3 aromatic rings. The Morgan fingerprint density at radius 2 is 1.77 bits per heavy atom. The van der Waals surface area contributed by atoms with Gasteiger partial charge >= 0.3 is 0 Å². The summed E-state index contributed by atoms with van der Waals surface area (Å²) in [6.07, 6.45) is 7.50. The predicted octanol–water partition coefficient (Wildman–Crippen LogP) is 5.10. The summed E-state index contributed by atoms with van der Waals surface area (Å²) < 4.78 is 11.5. The Balaban J connectivity index is 1.73. The molecule has 3 rings (SSSR count). The first-order chi connectivity index (χ1) is 12.7. The smallest absolute Gasteiger partial charge is 0.213 e. The second-order valence-corrected chi connectivity index (χ2v) is 6.18. The Morgan fingerprint density at radius 3 is 2.42 bits per heavy atom. The van der Waals surface area contributed by atoms with Crippen molar-refractivity contribution in [2.45, 2.75) is 26.6 Å². The van der Waals surface area contributed by atoms with Gasteiger partial charge in [-0.2, -0.15) is 0 Å². The Labute approximate surface area is 154 Å². The van der Waals surface area contributed by atoms with E-state index in [1.165, 1.54) is 0 Å². The monoisotopic (exact) mass is 343 g/mol. The quantitative estimate of drug-likeness (QED) is 0.584. The highest BCUT2D eigenvalue weighted by Crippen LogP contribution is 2.27. The van der Waals surface area contributed by atoms with Gasteiger partial charge in [-0.3, -0.25) is 0 Å². The average molecular weight is 343 g/mol. The van der Waals surface area contributed by atoms with Crippen molar-refractivity contribution >= 4 is 0 Å². The summed E-state index contributed by atoms with van der Waals surface area (Å²) in [6.45, 7) is 4.45. The Morgan fingerprint density at radius 1 is 1.00 bits per heavy atom. The predicted molar refractivity (Wildman–Crippen MR) is 104 cm³/mol. The average Bonchev–Trinajstić information content (AvgIpc) is 2.67. The van der Waals surface area contributed by atoms with E-state index < -0.39 is 0 Å². The lowest BCUT2D eigenvalue weighted by molar-refractivity contribution is 0.242. The third-order valence-electron chi connectivity index (χ3n) is 3.80. The first-order valence-electron chi connectivity index (χ1n) is 8.56. The lowest BCUT2D eigenvalue weighted by atomic mass is 10.0. The number of benzene rings is 2. The lowest BCUT2D eigenvalue weighted by Crippen LogP contribution is -2.06. The van der Waals surface area contributed by atoms with Crippen LogP contribution in [-0.2, 0) is 6.61 Å². The standard InChI is InChI=1S/C23H21NO2/c1-4-19-14-20(10-12-22(19)26-17(2)3)21-11-13-23(24-15-21)25-16-18-8-6-5-7-9-18/h1,5-15,17H,16H2,2-3H3. The first kappa shape index (κ1) is 17.6. The van der Waals surface area contributed by atoms with Gasteiger partial charge in [-0.1, -0.05) is 42.3 Å². The van der Waals surface area contributed by atoms with Gasteiger partial charge in [0.15, 0.2) is 0 Å². The van der Waals surface area contributed by atoms with Gasteiger partial charge in [0.2, 0.25) is 5.88 Å². The van der Waals surface area contributed by atoms with Gasteiger partial charge < -0.3 is 9.47 Å². The van der Waals surface area contributed by atoms with Gasteiger partial charge in [-0.25, -0.2) is 4.98 Å². The minimum Gasteiger partial charge on any atom is -0.490 e. The number of pyridine rings is 1. The SMILES string of the molecule is C#Cc1cc(-c2ccc(OCc3ccccc3)nc2)ccc1OC(C)C. The molecule has 0 bridgehead atoms. The molecule has 0 aliphatic carbocycles. The summed E-state index contributed by atoms with van der Waals surface area (Å²) >= 11 is 0. The van der Waals surface area contributed by atoms with Crippen molar-refractivity contribution in [3.63, 3.8) is 0 Å². The van der Waals surface area contributed by atoms with E-state index in [0.717, 1.165) is 28.0 Å². The number of nitrogens with zero attached hydrogens (tertiary/aromatic N) is 1. The highest BCUT2D eigenvalue weighted by Gasteiger charge is 2.07. The molecular weight excluding hydrogens is 322 g/mol. The first-order valence-corrected chi connectivity index (χ1v) is 8.56. The van der Waals surface area contributed by atoms with E-state index in [1.807, 2.05) is 74.5 Å². The van der Waals surface area contributed by atoms with E-state index in [4.69, 9.17) is 15.9 Å². The van der Waals surface area contributed by atoms with E-state index in [-0.39, 0.29) is 6.10 Å². The highest BCUT2D eigenvalue weighted by molar-refractivity contribution is 5.67. The van der Waals surface area contributed by atoms with Crippen LogP contribution in [0.4, 0.5) is 0 Å². The normalized spacial score (nSPS) is 10.4. The molecule has 0 radical (unpaired) electrons. The number of rotatable bonds is 6. The van der Waals surface area contributed by atoms with E-state index in [0.29, 0.717) is 12.5 Å². The van der Waals surface area contributed by atoms with Gasteiger partial charge in [0, 0.05) is 17.8 Å². The second kappa shape index (κ2) is 8.22. The molecule has 0 aliphatic rings. The molecule has 0 amide bonds. The van der Waals surface area contributed by atoms with Crippen LogP contribution >= 0.6 is 0 Å². The molecule has 0 fully saturated rings. The summed E-state index contributed by atoms with van der Waals surface area (Å²) in [7, 11) is 0. The molecule has 0 aliphatic heterocycles. The van der Waals surface area contributed by atoms with Gasteiger partial charge in [-0.15, -0.1) is 6.42 Å². The Bertz CT molecular complexity index is 894. The second-order valence-electron chi connectivity index (χ2n) is 6.18. The molecule has 1 heterocycles. The van der Waals surface area contributed by atoms with Crippen LogP contribution in [0.1, 0.15) is 25.0 Å². The molecular formula is C23H21NO2. The molecule has 130 valence electrons. The number of hydrogen-bond donors (Lipinski definition) is 0. The van der Waals surface area contributed by atoms with Crippen LogP contribution in [-0.4, -0.2) is 11.1 Å². The zero-order valence-corrected chi connectivity index (χ0v) is 15.0. The van der Waals surface area contributed by atoms with Crippen molar-refractivity contribution < 1.29 is 9.47 Å². The summed E-state index contributed by atoms with van der Waals surface area (Å²) in [6, 6.07) is 19.7. The van der Waals surface area contributed by atoms with Crippen LogP contribution in [0.3, 0.4) is 0 Å². The molecule has 26 heavy (non-hydrogen) atoms. The fourth-order valence-electron chi connectivity index (χ4n) is 2.55. The van der Waals surface area contributed by atoms with Gasteiger partial charge in [0.1, 0.15) is 12.4 Å². The summed E-state index contributed by atoms with van der Waals surface area (Å²) in [5.74, 6) is 4.01. The summed E-state index contributed by atoms with van der Waals surface area (Å²) in [4.78, 5) is 4.39. The fraction of sp³-hybridized carbons (Fsp3) is 0.174.